The molecule has 2 rings (SSSR count). The molecular formula is C16H16N2O2. The van der Waals surface area contributed by atoms with Crippen molar-refractivity contribution in [3.63, 3.8) is 0 Å². The molecule has 0 bridgehead atoms. The zero-order valence-electron chi connectivity index (χ0n) is 11.7. The molecule has 2 aromatic rings. The summed E-state index contributed by atoms with van der Waals surface area (Å²) in [5.74, 6) is 1.88. The number of anilines is 1. The highest BCUT2D eigenvalue weighted by Gasteiger charge is 2.13. The molecule has 0 aliphatic rings. The average molecular weight is 268 g/mol. The number of hydrogen-bond donors (Lipinski definition) is 1. The van der Waals surface area contributed by atoms with E-state index in [2.05, 4.69) is 6.07 Å². The molecule has 2 N–H and O–H groups in total. The summed E-state index contributed by atoms with van der Waals surface area (Å²) in [6.45, 7) is 3.86. The van der Waals surface area contributed by atoms with E-state index in [0.717, 1.165) is 16.9 Å². The van der Waals surface area contributed by atoms with Crippen LogP contribution in [-0.4, -0.2) is 7.11 Å². The molecule has 0 unspecified atom stereocenters. The molecule has 0 aromatic heterocycles. The summed E-state index contributed by atoms with van der Waals surface area (Å²) in [5.41, 5.74) is 8.39. The molecule has 0 aliphatic carbocycles. The van der Waals surface area contributed by atoms with Gasteiger partial charge in [0.05, 0.1) is 12.8 Å². The lowest BCUT2D eigenvalue weighted by Crippen LogP contribution is -1.98. The Balaban J connectivity index is 2.51. The molecule has 0 heterocycles. The Kier molecular flexibility index (Phi) is 3.81. The monoisotopic (exact) mass is 268 g/mol. The normalized spacial score (nSPS) is 9.90. The number of benzene rings is 2. The van der Waals surface area contributed by atoms with Crippen LogP contribution in [-0.2, 0) is 0 Å². The second kappa shape index (κ2) is 5.54. The molecule has 0 spiro atoms. The highest BCUT2D eigenvalue weighted by molar-refractivity contribution is 5.62. The Labute approximate surface area is 118 Å². The molecule has 0 atom stereocenters. The number of rotatable bonds is 3. The van der Waals surface area contributed by atoms with Gasteiger partial charge in [-0.05, 0) is 37.6 Å². The predicted molar refractivity (Wildman–Crippen MR) is 78.1 cm³/mol. The maximum Gasteiger partial charge on any atom is 0.147 e. The third-order valence-electron chi connectivity index (χ3n) is 3.16. The van der Waals surface area contributed by atoms with Crippen LogP contribution in [0, 0.1) is 25.2 Å². The van der Waals surface area contributed by atoms with Crippen molar-refractivity contribution in [2.75, 3.05) is 12.8 Å². The molecule has 102 valence electrons. The first-order valence-corrected chi connectivity index (χ1v) is 6.19. The largest absolute Gasteiger partial charge is 0.496 e. The van der Waals surface area contributed by atoms with Crippen LogP contribution < -0.4 is 15.2 Å². The standard InChI is InChI=1S/C16H16N2O2/c1-10-7-8-14(19-3)11(2)16(10)20-15-6-4-5-13(18)12(15)9-17/h4-8H,18H2,1-3H3. The molecule has 0 fully saturated rings. The summed E-state index contributed by atoms with van der Waals surface area (Å²) in [7, 11) is 1.61. The number of hydrogen-bond acceptors (Lipinski definition) is 4. The minimum Gasteiger partial charge on any atom is -0.496 e. The van der Waals surface area contributed by atoms with Gasteiger partial charge in [-0.3, -0.25) is 0 Å². The number of methoxy groups -OCH3 is 1. The Morgan fingerprint density at radius 2 is 1.85 bits per heavy atom. The molecule has 0 amide bonds. The van der Waals surface area contributed by atoms with Crippen molar-refractivity contribution in [2.45, 2.75) is 13.8 Å². The summed E-state index contributed by atoms with van der Waals surface area (Å²) in [5, 5.41) is 9.18. The molecule has 0 saturated heterocycles. The lowest BCUT2D eigenvalue weighted by molar-refractivity contribution is 0.403. The van der Waals surface area contributed by atoms with Crippen LogP contribution in [0.2, 0.25) is 0 Å². The summed E-state index contributed by atoms with van der Waals surface area (Å²) < 4.78 is 11.2. The fourth-order valence-electron chi connectivity index (χ4n) is 2.05. The van der Waals surface area contributed by atoms with Gasteiger partial charge in [0.25, 0.3) is 0 Å². The van der Waals surface area contributed by atoms with Crippen molar-refractivity contribution in [1.82, 2.24) is 0 Å². The van der Waals surface area contributed by atoms with Crippen molar-refractivity contribution in [3.05, 3.63) is 47.0 Å². The molecule has 2 aromatic carbocycles. The van der Waals surface area contributed by atoms with Crippen molar-refractivity contribution in [2.24, 2.45) is 0 Å². The maximum atomic E-state index is 9.18. The predicted octanol–water partition coefficient (Wildman–Crippen LogP) is 3.56. The van der Waals surface area contributed by atoms with E-state index < -0.39 is 0 Å². The van der Waals surface area contributed by atoms with E-state index in [1.54, 1.807) is 25.3 Å². The topological polar surface area (TPSA) is 68.3 Å². The smallest absolute Gasteiger partial charge is 0.147 e. The highest BCUT2D eigenvalue weighted by atomic mass is 16.5. The SMILES string of the molecule is COc1ccc(C)c(Oc2cccc(N)c2C#N)c1C. The lowest BCUT2D eigenvalue weighted by atomic mass is 10.1. The minimum absolute atomic E-state index is 0.342. The fourth-order valence-corrected chi connectivity index (χ4v) is 2.05. The highest BCUT2D eigenvalue weighted by Crippen LogP contribution is 2.36. The quantitative estimate of drug-likeness (QED) is 0.864. The molecule has 0 saturated carbocycles. The molecular weight excluding hydrogens is 252 g/mol. The second-order valence-corrected chi connectivity index (χ2v) is 4.47. The van der Waals surface area contributed by atoms with Crippen LogP contribution in [0.4, 0.5) is 5.69 Å². The van der Waals surface area contributed by atoms with Gasteiger partial charge in [-0.25, -0.2) is 0 Å². The first kappa shape index (κ1) is 13.8. The average Bonchev–Trinajstić information content (AvgIpc) is 2.44. The van der Waals surface area contributed by atoms with E-state index in [0.29, 0.717) is 22.7 Å². The van der Waals surface area contributed by atoms with E-state index in [9.17, 15) is 5.26 Å². The molecule has 0 radical (unpaired) electrons. The van der Waals surface area contributed by atoms with Crippen LogP contribution in [0.15, 0.2) is 30.3 Å². The van der Waals surface area contributed by atoms with E-state index in [4.69, 9.17) is 15.2 Å². The summed E-state index contributed by atoms with van der Waals surface area (Å²) in [6, 6.07) is 11.0. The molecule has 4 nitrogen and oxygen atoms in total. The summed E-state index contributed by atoms with van der Waals surface area (Å²) in [4.78, 5) is 0. The fraction of sp³-hybridized carbons (Fsp3) is 0.188. The van der Waals surface area contributed by atoms with E-state index in [-0.39, 0.29) is 0 Å². The minimum atomic E-state index is 0.342. The first-order chi connectivity index (χ1) is 9.58. The van der Waals surface area contributed by atoms with E-state index >= 15 is 0 Å². The molecule has 0 aliphatic heterocycles. The van der Waals surface area contributed by atoms with Crippen LogP contribution in [0.1, 0.15) is 16.7 Å². The number of nitrogens with two attached hydrogens (primary N) is 1. The zero-order chi connectivity index (χ0) is 14.7. The molecule has 4 heteroatoms. The lowest BCUT2D eigenvalue weighted by Gasteiger charge is -2.15. The van der Waals surface area contributed by atoms with Gasteiger partial charge in [0.15, 0.2) is 0 Å². The zero-order valence-corrected chi connectivity index (χ0v) is 11.7. The van der Waals surface area contributed by atoms with Gasteiger partial charge in [-0.15, -0.1) is 0 Å². The third kappa shape index (κ3) is 2.39. The first-order valence-electron chi connectivity index (χ1n) is 6.19. The van der Waals surface area contributed by atoms with Crippen molar-refractivity contribution < 1.29 is 9.47 Å². The van der Waals surface area contributed by atoms with E-state index in [1.165, 1.54) is 0 Å². The van der Waals surface area contributed by atoms with Crippen LogP contribution in [0.3, 0.4) is 0 Å². The number of ether oxygens (including phenoxy) is 2. The Bertz CT molecular complexity index is 688. The Hall–Kier alpha value is -2.67. The van der Waals surface area contributed by atoms with Gasteiger partial charge >= 0.3 is 0 Å². The van der Waals surface area contributed by atoms with Crippen LogP contribution in [0.5, 0.6) is 17.2 Å². The van der Waals surface area contributed by atoms with Gasteiger partial charge in [0, 0.05) is 5.56 Å². The Morgan fingerprint density at radius 3 is 2.50 bits per heavy atom. The van der Waals surface area contributed by atoms with Gasteiger partial charge in [-0.2, -0.15) is 5.26 Å². The Morgan fingerprint density at radius 1 is 1.10 bits per heavy atom. The molecule has 20 heavy (non-hydrogen) atoms. The number of nitrogen functional groups attached to an aromatic ring is 1. The van der Waals surface area contributed by atoms with E-state index in [1.807, 2.05) is 26.0 Å². The van der Waals surface area contributed by atoms with Crippen LogP contribution >= 0.6 is 0 Å². The maximum absolute atomic E-state index is 9.18. The van der Waals surface area contributed by atoms with Crippen LogP contribution in [0.25, 0.3) is 0 Å². The second-order valence-electron chi connectivity index (χ2n) is 4.47. The number of nitriles is 1. The van der Waals surface area contributed by atoms with Gasteiger partial charge in [-0.1, -0.05) is 12.1 Å². The number of nitrogens with zero attached hydrogens (tertiary/aromatic N) is 1. The van der Waals surface area contributed by atoms with Gasteiger partial charge < -0.3 is 15.2 Å². The van der Waals surface area contributed by atoms with Gasteiger partial charge in [0.2, 0.25) is 0 Å². The number of aryl methyl sites for hydroxylation is 1. The summed E-state index contributed by atoms with van der Waals surface area (Å²) in [6.07, 6.45) is 0. The van der Waals surface area contributed by atoms with Crippen molar-refractivity contribution >= 4 is 5.69 Å². The van der Waals surface area contributed by atoms with Gasteiger partial charge in [0.1, 0.15) is 28.9 Å². The van der Waals surface area contributed by atoms with Crippen molar-refractivity contribution in [1.29, 1.82) is 5.26 Å². The van der Waals surface area contributed by atoms with Crippen molar-refractivity contribution in [3.8, 4) is 23.3 Å². The third-order valence-corrected chi connectivity index (χ3v) is 3.16. The summed E-state index contributed by atoms with van der Waals surface area (Å²) >= 11 is 0.